The second-order valence-corrected chi connectivity index (χ2v) is 10.4. The van der Waals surface area contributed by atoms with Crippen molar-refractivity contribution in [1.29, 1.82) is 0 Å². The average Bonchev–Trinajstić information content (AvgIpc) is 3.03. The van der Waals surface area contributed by atoms with Crippen LogP contribution < -0.4 is 5.32 Å². The van der Waals surface area contributed by atoms with Crippen LogP contribution in [0.3, 0.4) is 0 Å². The standard InChI is InChI=1S/C23H34N4O3S/c1-7-11-26(22(28)25-18(4)5)15-21-13-24-23(27(21)14-17(2)3)31(29,30)16-20-10-8-9-19(6)12-20/h7-10,12-13,17-18H,1,11,14-16H2,2-6H3,(H,25,28). The van der Waals surface area contributed by atoms with Crippen molar-refractivity contribution in [3.05, 3.63) is 59.9 Å². The Kier molecular flexibility index (Phi) is 8.44. The number of carbonyl (C=O) groups excluding carboxylic acids is 1. The lowest BCUT2D eigenvalue weighted by Gasteiger charge is -2.24. The van der Waals surface area contributed by atoms with E-state index >= 15 is 0 Å². The fourth-order valence-corrected chi connectivity index (χ4v) is 4.81. The Labute approximate surface area is 186 Å². The van der Waals surface area contributed by atoms with Crippen molar-refractivity contribution in [3.63, 3.8) is 0 Å². The van der Waals surface area contributed by atoms with E-state index in [2.05, 4.69) is 16.9 Å². The van der Waals surface area contributed by atoms with Gasteiger partial charge in [-0.05, 0) is 32.3 Å². The third-order valence-electron chi connectivity index (χ3n) is 4.57. The van der Waals surface area contributed by atoms with Gasteiger partial charge in [0.25, 0.3) is 0 Å². The minimum Gasteiger partial charge on any atom is -0.336 e. The van der Waals surface area contributed by atoms with Gasteiger partial charge in [0.1, 0.15) is 0 Å². The van der Waals surface area contributed by atoms with Gasteiger partial charge in [0, 0.05) is 19.1 Å². The maximum absolute atomic E-state index is 13.2. The number of imidazole rings is 1. The molecule has 1 heterocycles. The van der Waals surface area contributed by atoms with E-state index in [1.54, 1.807) is 21.7 Å². The maximum atomic E-state index is 13.2. The first kappa shape index (κ1) is 24.7. The number of aryl methyl sites for hydroxylation is 1. The minimum atomic E-state index is -3.66. The van der Waals surface area contributed by atoms with Gasteiger partial charge in [0.15, 0.2) is 0 Å². The van der Waals surface area contributed by atoms with Crippen LogP contribution in [0.2, 0.25) is 0 Å². The van der Waals surface area contributed by atoms with Gasteiger partial charge >= 0.3 is 6.03 Å². The van der Waals surface area contributed by atoms with Gasteiger partial charge in [-0.25, -0.2) is 18.2 Å². The molecule has 0 aliphatic heterocycles. The number of carbonyl (C=O) groups is 1. The predicted molar refractivity (Wildman–Crippen MR) is 123 cm³/mol. The number of benzene rings is 1. The molecule has 31 heavy (non-hydrogen) atoms. The number of aromatic nitrogens is 2. The summed E-state index contributed by atoms with van der Waals surface area (Å²) < 4.78 is 28.2. The molecule has 0 spiro atoms. The highest BCUT2D eigenvalue weighted by molar-refractivity contribution is 7.90. The average molecular weight is 447 g/mol. The van der Waals surface area contributed by atoms with E-state index in [9.17, 15) is 13.2 Å². The van der Waals surface area contributed by atoms with Crippen LogP contribution >= 0.6 is 0 Å². The summed E-state index contributed by atoms with van der Waals surface area (Å²) in [5.74, 6) is 0.0891. The molecule has 0 aliphatic rings. The monoisotopic (exact) mass is 446 g/mol. The van der Waals surface area contributed by atoms with Gasteiger partial charge in [-0.1, -0.05) is 49.8 Å². The summed E-state index contributed by atoms with van der Waals surface area (Å²) in [6.45, 7) is 14.6. The highest BCUT2D eigenvalue weighted by Gasteiger charge is 2.26. The van der Waals surface area contributed by atoms with Crippen LogP contribution in [0.1, 0.15) is 44.5 Å². The first-order valence-corrected chi connectivity index (χ1v) is 12.2. The van der Waals surface area contributed by atoms with Gasteiger partial charge in [-0.3, -0.25) is 0 Å². The molecule has 170 valence electrons. The number of urea groups is 1. The first-order chi connectivity index (χ1) is 14.5. The smallest absolute Gasteiger partial charge is 0.318 e. The summed E-state index contributed by atoms with van der Waals surface area (Å²) in [4.78, 5) is 18.5. The van der Waals surface area contributed by atoms with E-state index in [0.29, 0.717) is 18.8 Å². The summed E-state index contributed by atoms with van der Waals surface area (Å²) in [6, 6.07) is 7.23. The Bertz CT molecular complexity index is 1010. The molecular weight excluding hydrogens is 412 g/mol. The summed E-state index contributed by atoms with van der Waals surface area (Å²) in [5, 5.41) is 2.92. The number of nitrogens with zero attached hydrogens (tertiary/aromatic N) is 3. The third kappa shape index (κ3) is 6.95. The number of rotatable bonds is 10. The molecule has 0 fully saturated rings. The molecule has 0 saturated carbocycles. The molecule has 1 aromatic heterocycles. The normalized spacial score (nSPS) is 11.7. The zero-order chi connectivity index (χ0) is 23.2. The van der Waals surface area contributed by atoms with E-state index < -0.39 is 9.84 Å². The van der Waals surface area contributed by atoms with Crippen LogP contribution in [0, 0.1) is 12.8 Å². The van der Waals surface area contributed by atoms with E-state index in [4.69, 9.17) is 0 Å². The van der Waals surface area contributed by atoms with Crippen LogP contribution in [-0.2, 0) is 28.7 Å². The van der Waals surface area contributed by atoms with Crippen molar-refractivity contribution >= 4 is 15.9 Å². The molecule has 0 radical (unpaired) electrons. The van der Waals surface area contributed by atoms with Crippen molar-refractivity contribution < 1.29 is 13.2 Å². The number of sulfone groups is 1. The summed E-state index contributed by atoms with van der Waals surface area (Å²) in [6.07, 6.45) is 3.21. The lowest BCUT2D eigenvalue weighted by Crippen LogP contribution is -2.43. The van der Waals surface area contributed by atoms with E-state index in [-0.39, 0.29) is 35.4 Å². The topological polar surface area (TPSA) is 84.3 Å². The molecule has 7 nitrogen and oxygen atoms in total. The van der Waals surface area contributed by atoms with Gasteiger partial charge in [-0.15, -0.1) is 6.58 Å². The number of nitrogens with one attached hydrogen (secondary N) is 1. The zero-order valence-corrected chi connectivity index (χ0v) is 19.9. The molecule has 0 atom stereocenters. The number of amides is 2. The molecule has 0 saturated heterocycles. The SMILES string of the molecule is C=CCN(Cc1cnc(S(=O)(=O)Cc2cccc(C)c2)n1CC(C)C)C(=O)NC(C)C. The van der Waals surface area contributed by atoms with Crippen molar-refractivity contribution in [1.82, 2.24) is 19.8 Å². The molecule has 8 heteroatoms. The quantitative estimate of drug-likeness (QED) is 0.561. The van der Waals surface area contributed by atoms with Crippen molar-refractivity contribution in [2.24, 2.45) is 5.92 Å². The van der Waals surface area contributed by atoms with Crippen LogP contribution in [0.4, 0.5) is 4.79 Å². The van der Waals surface area contributed by atoms with Crippen LogP contribution in [-0.4, -0.2) is 41.5 Å². The van der Waals surface area contributed by atoms with Gasteiger partial charge in [0.05, 0.1) is 24.2 Å². The Morgan fingerprint density at radius 1 is 1.29 bits per heavy atom. The highest BCUT2D eigenvalue weighted by atomic mass is 32.2. The Balaban J connectivity index is 2.39. The van der Waals surface area contributed by atoms with Gasteiger partial charge in [-0.2, -0.15) is 0 Å². The third-order valence-corrected chi connectivity index (χ3v) is 6.16. The molecule has 0 bridgehead atoms. The fraction of sp³-hybridized carbons (Fsp3) is 0.478. The highest BCUT2D eigenvalue weighted by Crippen LogP contribution is 2.21. The number of hydrogen-bond acceptors (Lipinski definition) is 4. The lowest BCUT2D eigenvalue weighted by atomic mass is 10.2. The fourth-order valence-electron chi connectivity index (χ4n) is 3.32. The Morgan fingerprint density at radius 2 is 2.00 bits per heavy atom. The zero-order valence-electron chi connectivity index (χ0n) is 19.1. The molecular formula is C23H34N4O3S. The van der Waals surface area contributed by atoms with Crippen LogP contribution in [0.5, 0.6) is 0 Å². The lowest BCUT2D eigenvalue weighted by molar-refractivity contribution is 0.197. The van der Waals surface area contributed by atoms with E-state index in [0.717, 1.165) is 11.1 Å². The largest absolute Gasteiger partial charge is 0.336 e. The molecule has 0 unspecified atom stereocenters. The van der Waals surface area contributed by atoms with E-state index in [1.807, 2.05) is 58.9 Å². The summed E-state index contributed by atoms with van der Waals surface area (Å²) in [7, 11) is -3.66. The Hall–Kier alpha value is -2.61. The Morgan fingerprint density at radius 3 is 2.58 bits per heavy atom. The second kappa shape index (κ2) is 10.6. The van der Waals surface area contributed by atoms with Gasteiger partial charge in [0.2, 0.25) is 15.0 Å². The van der Waals surface area contributed by atoms with E-state index in [1.165, 1.54) is 0 Å². The molecule has 2 rings (SSSR count). The predicted octanol–water partition coefficient (Wildman–Crippen LogP) is 3.93. The maximum Gasteiger partial charge on any atom is 0.318 e. The molecule has 1 aromatic carbocycles. The molecule has 0 aliphatic carbocycles. The molecule has 2 aromatic rings. The van der Waals surface area contributed by atoms with Crippen molar-refractivity contribution in [2.75, 3.05) is 6.54 Å². The van der Waals surface area contributed by atoms with Crippen LogP contribution in [0.15, 0.2) is 48.3 Å². The number of hydrogen-bond donors (Lipinski definition) is 1. The summed E-state index contributed by atoms with van der Waals surface area (Å²) >= 11 is 0. The molecule has 2 amide bonds. The first-order valence-electron chi connectivity index (χ1n) is 10.5. The van der Waals surface area contributed by atoms with Crippen molar-refractivity contribution in [2.45, 2.75) is 64.7 Å². The summed E-state index contributed by atoms with van der Waals surface area (Å²) in [5.41, 5.74) is 2.41. The van der Waals surface area contributed by atoms with Crippen molar-refractivity contribution in [3.8, 4) is 0 Å². The minimum absolute atomic E-state index is 0.00865. The van der Waals surface area contributed by atoms with Crippen LogP contribution in [0.25, 0.3) is 0 Å². The second-order valence-electron chi connectivity index (χ2n) is 8.56. The van der Waals surface area contributed by atoms with Gasteiger partial charge < -0.3 is 14.8 Å². The molecule has 1 N–H and O–H groups in total.